The number of hydrogen-bond acceptors (Lipinski definition) is 4. The van der Waals surface area contributed by atoms with Gasteiger partial charge in [-0.1, -0.05) is 195 Å². The van der Waals surface area contributed by atoms with Crippen molar-refractivity contribution in [1.29, 1.82) is 0 Å². The van der Waals surface area contributed by atoms with Crippen molar-refractivity contribution < 1.29 is 8.83 Å². The minimum atomic E-state index is 0.707. The summed E-state index contributed by atoms with van der Waals surface area (Å²) < 4.78 is 12.8. The van der Waals surface area contributed by atoms with Crippen LogP contribution in [0.4, 0.5) is 22.7 Å². The topological polar surface area (TPSA) is 41.6 Å². The van der Waals surface area contributed by atoms with Crippen molar-refractivity contribution in [1.82, 2.24) is 0 Å². The van der Waals surface area contributed by atoms with Gasteiger partial charge in [0.05, 0.1) is 11.4 Å². The second kappa shape index (κ2) is 20.7. The van der Waals surface area contributed by atoms with Crippen LogP contribution in [-0.2, 0) is 6.42 Å². The van der Waals surface area contributed by atoms with Crippen molar-refractivity contribution in [2.75, 3.05) is 10.2 Å². The van der Waals surface area contributed by atoms with Crippen LogP contribution in [0.5, 0.6) is 0 Å². The number of anilines is 4. The fourth-order valence-corrected chi connectivity index (χ4v) is 8.76. The number of hydrogen-bond donors (Lipinski definition) is 1. The smallest absolute Gasteiger partial charge is 0.158 e. The summed E-state index contributed by atoms with van der Waals surface area (Å²) in [6, 6.07) is 56.2. The van der Waals surface area contributed by atoms with E-state index in [1.54, 1.807) is 6.08 Å². The molecule has 2 heterocycles. The Morgan fingerprint density at radius 2 is 1.10 bits per heavy atom. The Labute approximate surface area is 400 Å². The van der Waals surface area contributed by atoms with Gasteiger partial charge in [0.1, 0.15) is 11.5 Å². The highest BCUT2D eigenvalue weighted by atomic mass is 16.3. The molecule has 0 atom stereocenters. The molecule has 0 bridgehead atoms. The van der Waals surface area contributed by atoms with Crippen molar-refractivity contribution >= 4 is 56.8 Å². The van der Waals surface area contributed by atoms with Crippen LogP contribution >= 0.6 is 0 Å². The summed E-state index contributed by atoms with van der Waals surface area (Å²) in [5.41, 5.74) is 17.0. The summed E-state index contributed by atoms with van der Waals surface area (Å²) in [5, 5.41) is 5.69. The van der Waals surface area contributed by atoms with Gasteiger partial charge in [-0.05, 0) is 108 Å². The van der Waals surface area contributed by atoms with Gasteiger partial charge in [-0.15, -0.1) is 0 Å². The molecule has 0 aliphatic rings. The van der Waals surface area contributed by atoms with Gasteiger partial charge in [-0.3, -0.25) is 0 Å². The van der Waals surface area contributed by atoms with Crippen molar-refractivity contribution in [3.8, 4) is 44.5 Å². The minimum Gasteiger partial charge on any atom is -0.459 e. The Morgan fingerprint density at radius 3 is 1.71 bits per heavy atom. The van der Waals surface area contributed by atoms with Crippen LogP contribution in [0, 0.1) is 6.92 Å². The van der Waals surface area contributed by atoms with Crippen LogP contribution in [0.3, 0.4) is 0 Å². The standard InChI is InChI=1S/C64H54N2O2/c1-6-10-13-14-17-44-66(61-26-19-24-58-54(9-4)62(27-12-8-3)68-64(58)61)53-42-38-49(39-43-53)47-30-34-51(35-31-47)57-22-16-15-21-56(57)50-32-28-46(29-33-50)48-36-40-52(41-37-48)65-60-25-18-23-59-55(20-11-7-2)45(5)67-63(59)60/h6-26,28-44,65H,2,4,27H2,1,3,5H3/b10-6-,12-8-,14-13-,20-11-,44-17+. The summed E-state index contributed by atoms with van der Waals surface area (Å²) in [5.74, 6) is 1.79. The van der Waals surface area contributed by atoms with Crippen LogP contribution in [0.25, 0.3) is 78.6 Å². The number of aryl methyl sites for hydroxylation is 1. The van der Waals surface area contributed by atoms with E-state index in [2.05, 4.69) is 199 Å². The molecule has 4 nitrogen and oxygen atoms in total. The first-order valence-corrected chi connectivity index (χ1v) is 23.1. The van der Waals surface area contributed by atoms with Crippen LogP contribution in [0.1, 0.15) is 36.5 Å². The highest BCUT2D eigenvalue weighted by Crippen LogP contribution is 2.40. The molecule has 9 rings (SSSR count). The summed E-state index contributed by atoms with van der Waals surface area (Å²) >= 11 is 0. The molecule has 0 amide bonds. The van der Waals surface area contributed by atoms with Crippen LogP contribution in [0.15, 0.2) is 241 Å². The zero-order valence-corrected chi connectivity index (χ0v) is 38.8. The predicted molar refractivity (Wildman–Crippen MR) is 292 cm³/mol. The molecular weight excluding hydrogens is 829 g/mol. The van der Waals surface area contributed by atoms with Gasteiger partial charge >= 0.3 is 0 Å². The number of nitrogens with one attached hydrogen (secondary N) is 1. The summed E-state index contributed by atoms with van der Waals surface area (Å²) in [7, 11) is 0. The minimum absolute atomic E-state index is 0.707. The maximum atomic E-state index is 6.58. The normalized spacial score (nSPS) is 11.9. The molecule has 4 heteroatoms. The highest BCUT2D eigenvalue weighted by molar-refractivity contribution is 5.99. The van der Waals surface area contributed by atoms with E-state index in [1.165, 1.54) is 22.3 Å². The van der Waals surface area contributed by atoms with Crippen molar-refractivity contribution in [3.63, 3.8) is 0 Å². The monoisotopic (exact) mass is 882 g/mol. The van der Waals surface area contributed by atoms with E-state index >= 15 is 0 Å². The van der Waals surface area contributed by atoms with E-state index < -0.39 is 0 Å². The molecule has 0 aliphatic carbocycles. The Morgan fingerprint density at radius 1 is 0.529 bits per heavy atom. The maximum absolute atomic E-state index is 6.58. The van der Waals surface area contributed by atoms with Gasteiger partial charge < -0.3 is 19.1 Å². The predicted octanol–water partition coefficient (Wildman–Crippen LogP) is 18.6. The third-order valence-corrected chi connectivity index (χ3v) is 12.2. The van der Waals surface area contributed by atoms with Gasteiger partial charge in [0, 0.05) is 45.9 Å². The van der Waals surface area contributed by atoms with Crippen LogP contribution < -0.4 is 10.2 Å². The average Bonchev–Trinajstić information content (AvgIpc) is 3.92. The molecule has 1 N–H and O–H groups in total. The van der Waals surface area contributed by atoms with Gasteiger partial charge in [-0.25, -0.2) is 0 Å². The number of allylic oxidation sites excluding steroid dienone is 9. The molecule has 68 heavy (non-hydrogen) atoms. The molecule has 0 fully saturated rings. The van der Waals surface area contributed by atoms with Gasteiger partial charge in [0.25, 0.3) is 0 Å². The Balaban J connectivity index is 0.924. The van der Waals surface area contributed by atoms with Crippen molar-refractivity contribution in [3.05, 3.63) is 254 Å². The first-order valence-electron chi connectivity index (χ1n) is 23.1. The number of para-hydroxylation sites is 2. The summed E-state index contributed by atoms with van der Waals surface area (Å²) in [6.45, 7) is 14.0. The number of benzene rings is 7. The van der Waals surface area contributed by atoms with Gasteiger partial charge in [0.15, 0.2) is 11.2 Å². The second-order valence-electron chi connectivity index (χ2n) is 16.5. The molecule has 0 aliphatic heterocycles. The highest BCUT2D eigenvalue weighted by Gasteiger charge is 2.19. The average molecular weight is 883 g/mol. The number of rotatable bonds is 16. The molecule has 7 aromatic carbocycles. The fraction of sp³-hybridized carbons (Fsp3) is 0.0625. The summed E-state index contributed by atoms with van der Waals surface area (Å²) in [4.78, 5) is 2.19. The van der Waals surface area contributed by atoms with Crippen LogP contribution in [-0.4, -0.2) is 0 Å². The first-order chi connectivity index (χ1) is 33.5. The SMILES string of the molecule is C=C/C=C\c1c(C)oc2c(Nc3ccc(-c4ccc(-c5ccccc5-c5ccc(-c6ccc(N(/C=C/C=C\C=C/C)c7cccc8c(C=C)c(C/C=C\C)oc78)cc6)cc5)cc4)cc3)cccc12. The van der Waals surface area contributed by atoms with Gasteiger partial charge in [-0.2, -0.15) is 0 Å². The number of fused-ring (bicyclic) bond motifs is 2. The van der Waals surface area contributed by atoms with Crippen molar-refractivity contribution in [2.45, 2.75) is 27.2 Å². The molecule has 0 saturated carbocycles. The zero-order valence-electron chi connectivity index (χ0n) is 38.8. The Bertz CT molecular complexity index is 3370. The van der Waals surface area contributed by atoms with E-state index in [9.17, 15) is 0 Å². The van der Waals surface area contributed by atoms with E-state index in [4.69, 9.17) is 8.83 Å². The second-order valence-corrected chi connectivity index (χ2v) is 16.5. The van der Waals surface area contributed by atoms with E-state index in [0.29, 0.717) is 6.42 Å². The molecule has 0 unspecified atom stereocenters. The van der Waals surface area contributed by atoms with Crippen molar-refractivity contribution in [2.24, 2.45) is 0 Å². The number of nitrogens with zero attached hydrogens (tertiary/aromatic N) is 1. The summed E-state index contributed by atoms with van der Waals surface area (Å²) in [6.07, 6.45) is 24.8. The fourth-order valence-electron chi connectivity index (χ4n) is 8.76. The quantitative estimate of drug-likeness (QED) is 0.0775. The van der Waals surface area contributed by atoms with E-state index in [0.717, 1.165) is 89.6 Å². The lowest BCUT2D eigenvalue weighted by Gasteiger charge is -2.21. The molecule has 2 aromatic heterocycles. The number of furan rings is 2. The maximum Gasteiger partial charge on any atom is 0.158 e. The third-order valence-electron chi connectivity index (χ3n) is 12.2. The first kappa shape index (κ1) is 44.6. The molecule has 332 valence electrons. The molecule has 0 saturated heterocycles. The largest absolute Gasteiger partial charge is 0.459 e. The Kier molecular flexibility index (Phi) is 13.6. The van der Waals surface area contributed by atoms with E-state index in [1.807, 2.05) is 69.4 Å². The van der Waals surface area contributed by atoms with Crippen LogP contribution in [0.2, 0.25) is 0 Å². The lowest BCUT2D eigenvalue weighted by Crippen LogP contribution is -2.08. The van der Waals surface area contributed by atoms with Gasteiger partial charge in [0.2, 0.25) is 0 Å². The third kappa shape index (κ3) is 9.40. The molecular formula is C64H54N2O2. The Hall–Kier alpha value is -8.60. The van der Waals surface area contributed by atoms with E-state index in [-0.39, 0.29) is 0 Å². The molecule has 0 radical (unpaired) electrons. The zero-order chi connectivity index (χ0) is 46.8. The lowest BCUT2D eigenvalue weighted by molar-refractivity contribution is 0.564. The molecule has 9 aromatic rings. The lowest BCUT2D eigenvalue weighted by atomic mass is 9.92. The molecule has 0 spiro atoms.